The summed E-state index contributed by atoms with van der Waals surface area (Å²) in [6.07, 6.45) is 7.32. The monoisotopic (exact) mass is 407 g/mol. The molecule has 3 aromatic rings. The number of fused-ring (bicyclic) bond motifs is 2. The number of hydrogen-bond donors (Lipinski definition) is 1. The molecule has 0 spiro atoms. The van der Waals surface area contributed by atoms with Crippen LogP contribution in [0.5, 0.6) is 0 Å². The molecule has 5 heteroatoms. The molecule has 3 aromatic carbocycles. The SMILES string of the molecule is CS(=O)(=O)Nc1cccc(/C=C2\c3ccccc3C=Cc3c(Cl)cccc32)c1. The molecule has 1 aliphatic carbocycles. The van der Waals surface area contributed by atoms with Crippen molar-refractivity contribution in [3.05, 3.63) is 99.6 Å². The van der Waals surface area contributed by atoms with Crippen molar-refractivity contribution in [1.29, 1.82) is 0 Å². The van der Waals surface area contributed by atoms with Crippen LogP contribution in [0.25, 0.3) is 23.8 Å². The maximum atomic E-state index is 11.6. The largest absolute Gasteiger partial charge is 0.284 e. The Kier molecular flexibility index (Phi) is 4.84. The molecule has 1 N–H and O–H groups in total. The first kappa shape index (κ1) is 18.5. The minimum Gasteiger partial charge on any atom is -0.284 e. The van der Waals surface area contributed by atoms with E-state index in [1.165, 1.54) is 0 Å². The van der Waals surface area contributed by atoms with Crippen molar-refractivity contribution in [2.75, 3.05) is 11.0 Å². The maximum absolute atomic E-state index is 11.6. The summed E-state index contributed by atoms with van der Waals surface area (Å²) in [6.45, 7) is 0. The van der Waals surface area contributed by atoms with E-state index in [-0.39, 0.29) is 0 Å². The van der Waals surface area contributed by atoms with Crippen molar-refractivity contribution in [2.24, 2.45) is 0 Å². The standard InChI is InChI=1S/C23H18ClNO2S/c1-28(26,27)25-18-8-4-6-16(14-18)15-22-19-9-3-2-7-17(19)12-13-21-20(22)10-5-11-23(21)24/h2-15,25H,1H3/b22-15+. The van der Waals surface area contributed by atoms with Crippen molar-refractivity contribution >= 4 is 51.1 Å². The van der Waals surface area contributed by atoms with Gasteiger partial charge in [-0.05, 0) is 52.1 Å². The second kappa shape index (κ2) is 7.30. The van der Waals surface area contributed by atoms with Crippen LogP contribution >= 0.6 is 11.6 Å². The van der Waals surface area contributed by atoms with Crippen LogP contribution < -0.4 is 4.72 Å². The lowest BCUT2D eigenvalue weighted by atomic mass is 9.92. The number of sulfonamides is 1. The van der Waals surface area contributed by atoms with E-state index >= 15 is 0 Å². The van der Waals surface area contributed by atoms with Gasteiger partial charge in [-0.25, -0.2) is 8.42 Å². The van der Waals surface area contributed by atoms with Gasteiger partial charge in [-0.15, -0.1) is 0 Å². The van der Waals surface area contributed by atoms with Gasteiger partial charge in [0.2, 0.25) is 10.0 Å². The van der Waals surface area contributed by atoms with Gasteiger partial charge in [0.25, 0.3) is 0 Å². The van der Waals surface area contributed by atoms with Crippen LogP contribution in [0, 0.1) is 0 Å². The summed E-state index contributed by atoms with van der Waals surface area (Å²) < 4.78 is 25.7. The predicted molar refractivity (Wildman–Crippen MR) is 119 cm³/mol. The van der Waals surface area contributed by atoms with Gasteiger partial charge in [0.15, 0.2) is 0 Å². The molecule has 0 fully saturated rings. The second-order valence-electron chi connectivity index (χ2n) is 6.68. The highest BCUT2D eigenvalue weighted by atomic mass is 35.5. The highest BCUT2D eigenvalue weighted by Gasteiger charge is 2.16. The Bertz CT molecular complexity index is 1230. The van der Waals surface area contributed by atoms with Crippen molar-refractivity contribution in [3.63, 3.8) is 0 Å². The van der Waals surface area contributed by atoms with Gasteiger partial charge in [-0.2, -0.15) is 0 Å². The Balaban J connectivity index is 1.91. The van der Waals surface area contributed by atoms with Crippen LogP contribution in [0.2, 0.25) is 5.02 Å². The normalized spacial score (nSPS) is 14.3. The Hall–Kier alpha value is -2.82. The smallest absolute Gasteiger partial charge is 0.229 e. The predicted octanol–water partition coefficient (Wildman–Crippen LogP) is 5.78. The third-order valence-electron chi connectivity index (χ3n) is 4.52. The molecule has 0 saturated carbocycles. The molecule has 0 aromatic heterocycles. The fourth-order valence-corrected chi connectivity index (χ4v) is 4.17. The van der Waals surface area contributed by atoms with Gasteiger partial charge >= 0.3 is 0 Å². The topological polar surface area (TPSA) is 46.2 Å². The highest BCUT2D eigenvalue weighted by Crippen LogP contribution is 2.37. The van der Waals surface area contributed by atoms with Gasteiger partial charge in [-0.1, -0.05) is 72.3 Å². The summed E-state index contributed by atoms with van der Waals surface area (Å²) in [7, 11) is -3.33. The molecule has 28 heavy (non-hydrogen) atoms. The lowest BCUT2D eigenvalue weighted by molar-refractivity contribution is 0.607. The second-order valence-corrected chi connectivity index (χ2v) is 8.84. The van der Waals surface area contributed by atoms with Gasteiger partial charge in [0.1, 0.15) is 0 Å². The lowest BCUT2D eigenvalue weighted by Gasteiger charge is -2.13. The van der Waals surface area contributed by atoms with E-state index in [0.717, 1.165) is 39.6 Å². The van der Waals surface area contributed by atoms with E-state index < -0.39 is 10.0 Å². The fourth-order valence-electron chi connectivity index (χ4n) is 3.38. The van der Waals surface area contributed by atoms with E-state index in [2.05, 4.69) is 35.1 Å². The third-order valence-corrected chi connectivity index (χ3v) is 5.46. The zero-order valence-corrected chi connectivity index (χ0v) is 16.8. The first-order valence-electron chi connectivity index (χ1n) is 8.77. The van der Waals surface area contributed by atoms with E-state index in [1.54, 1.807) is 6.07 Å². The summed E-state index contributed by atoms with van der Waals surface area (Å²) in [5.41, 5.74) is 6.67. The van der Waals surface area contributed by atoms with E-state index in [4.69, 9.17) is 11.6 Å². The fraction of sp³-hybridized carbons (Fsp3) is 0.0435. The molecule has 0 atom stereocenters. The van der Waals surface area contributed by atoms with Gasteiger partial charge < -0.3 is 0 Å². The average Bonchev–Trinajstić information content (AvgIpc) is 2.79. The quantitative estimate of drug-likeness (QED) is 0.467. The minimum atomic E-state index is -3.33. The molecule has 0 heterocycles. The number of rotatable bonds is 3. The van der Waals surface area contributed by atoms with Gasteiger partial charge in [0.05, 0.1) is 6.26 Å². The molecular formula is C23H18ClNO2S. The molecule has 3 nitrogen and oxygen atoms in total. The Morgan fingerprint density at radius 3 is 2.46 bits per heavy atom. The van der Waals surface area contributed by atoms with E-state index in [1.807, 2.05) is 48.5 Å². The zero-order valence-electron chi connectivity index (χ0n) is 15.2. The summed E-state index contributed by atoms with van der Waals surface area (Å²) in [4.78, 5) is 0. The van der Waals surface area contributed by atoms with Crippen LogP contribution in [0.1, 0.15) is 27.8 Å². The van der Waals surface area contributed by atoms with Crippen molar-refractivity contribution in [1.82, 2.24) is 0 Å². The minimum absolute atomic E-state index is 0.531. The van der Waals surface area contributed by atoms with E-state index in [0.29, 0.717) is 10.7 Å². The molecule has 4 rings (SSSR count). The highest BCUT2D eigenvalue weighted by molar-refractivity contribution is 7.92. The van der Waals surface area contributed by atoms with Crippen molar-refractivity contribution in [2.45, 2.75) is 0 Å². The molecule has 140 valence electrons. The summed E-state index contributed by atoms with van der Waals surface area (Å²) in [6, 6.07) is 21.4. The number of nitrogens with one attached hydrogen (secondary N) is 1. The molecule has 0 saturated heterocycles. The maximum Gasteiger partial charge on any atom is 0.229 e. The molecule has 0 unspecified atom stereocenters. The third kappa shape index (κ3) is 3.88. The van der Waals surface area contributed by atoms with Crippen LogP contribution in [0.3, 0.4) is 0 Å². The molecule has 0 aliphatic heterocycles. The molecular weight excluding hydrogens is 390 g/mol. The Morgan fingerprint density at radius 1 is 0.893 bits per heavy atom. The lowest BCUT2D eigenvalue weighted by Crippen LogP contribution is -2.09. The van der Waals surface area contributed by atoms with Crippen LogP contribution in [-0.4, -0.2) is 14.7 Å². The Labute approximate surface area is 170 Å². The van der Waals surface area contributed by atoms with Gasteiger partial charge in [0, 0.05) is 16.3 Å². The molecule has 1 aliphatic rings. The first-order valence-corrected chi connectivity index (χ1v) is 11.0. The first-order chi connectivity index (χ1) is 13.4. The number of anilines is 1. The summed E-state index contributed by atoms with van der Waals surface area (Å²) >= 11 is 6.47. The number of hydrogen-bond acceptors (Lipinski definition) is 2. The van der Waals surface area contributed by atoms with Crippen molar-refractivity contribution in [3.8, 4) is 0 Å². The van der Waals surface area contributed by atoms with Crippen LogP contribution in [0.4, 0.5) is 5.69 Å². The zero-order chi connectivity index (χ0) is 19.7. The number of halogens is 1. The van der Waals surface area contributed by atoms with Crippen molar-refractivity contribution < 1.29 is 8.42 Å². The summed E-state index contributed by atoms with van der Waals surface area (Å²) in [5, 5.41) is 0.694. The molecule has 0 radical (unpaired) electrons. The molecule has 0 amide bonds. The van der Waals surface area contributed by atoms with Gasteiger partial charge in [-0.3, -0.25) is 4.72 Å². The Morgan fingerprint density at radius 2 is 1.64 bits per heavy atom. The molecule has 0 bridgehead atoms. The summed E-state index contributed by atoms with van der Waals surface area (Å²) in [5.74, 6) is 0. The number of benzene rings is 3. The van der Waals surface area contributed by atoms with Crippen LogP contribution in [0.15, 0.2) is 66.7 Å². The van der Waals surface area contributed by atoms with E-state index in [9.17, 15) is 8.42 Å². The van der Waals surface area contributed by atoms with Crippen LogP contribution in [-0.2, 0) is 10.0 Å². The average molecular weight is 408 g/mol.